The van der Waals surface area contributed by atoms with Gasteiger partial charge in [0.25, 0.3) is 10.0 Å². The van der Waals surface area contributed by atoms with Gasteiger partial charge in [-0.3, -0.25) is 0 Å². The van der Waals surface area contributed by atoms with Crippen LogP contribution in [0.2, 0.25) is 5.02 Å². The quantitative estimate of drug-likeness (QED) is 0.281. The second kappa shape index (κ2) is 10.8. The van der Waals surface area contributed by atoms with Crippen molar-refractivity contribution in [1.29, 1.82) is 0 Å². The number of halogens is 2. The van der Waals surface area contributed by atoms with E-state index in [0.717, 1.165) is 11.1 Å². The SMILES string of the molecule is CCOc1cc(/C=N\NS(=O)(=O)c2ccc(C)cc2)cc(Br)c1OCc1ccccc1Cl. The van der Waals surface area contributed by atoms with Crippen LogP contribution in [0.1, 0.15) is 23.6 Å². The summed E-state index contributed by atoms with van der Waals surface area (Å²) in [5, 5.41) is 4.51. The number of nitrogens with zero attached hydrogens (tertiary/aromatic N) is 1. The minimum atomic E-state index is -3.76. The van der Waals surface area contributed by atoms with Crippen LogP contribution in [0.5, 0.6) is 11.5 Å². The highest BCUT2D eigenvalue weighted by atomic mass is 79.9. The van der Waals surface area contributed by atoms with E-state index in [-0.39, 0.29) is 11.5 Å². The number of ether oxygens (including phenoxy) is 2. The van der Waals surface area contributed by atoms with Crippen LogP contribution in [-0.4, -0.2) is 21.2 Å². The number of rotatable bonds is 9. The fourth-order valence-electron chi connectivity index (χ4n) is 2.77. The summed E-state index contributed by atoms with van der Waals surface area (Å²) in [6.07, 6.45) is 1.40. The number of hydrogen-bond donors (Lipinski definition) is 1. The molecule has 0 unspecified atom stereocenters. The summed E-state index contributed by atoms with van der Waals surface area (Å²) < 4.78 is 37.1. The fourth-order valence-corrected chi connectivity index (χ4v) is 4.33. The number of nitrogens with one attached hydrogen (secondary N) is 1. The topological polar surface area (TPSA) is 77.0 Å². The van der Waals surface area contributed by atoms with Crippen molar-refractivity contribution in [3.8, 4) is 11.5 Å². The maximum atomic E-state index is 12.4. The molecule has 3 rings (SSSR count). The smallest absolute Gasteiger partial charge is 0.276 e. The van der Waals surface area contributed by atoms with Crippen molar-refractivity contribution < 1.29 is 17.9 Å². The van der Waals surface area contributed by atoms with Gasteiger partial charge < -0.3 is 9.47 Å². The number of aryl methyl sites for hydroxylation is 1. The Morgan fingerprint density at radius 1 is 1.09 bits per heavy atom. The predicted octanol–water partition coefficient (Wildman–Crippen LogP) is 5.70. The lowest BCUT2D eigenvalue weighted by Gasteiger charge is -2.15. The first kappa shape index (κ1) is 24.1. The number of hydrazone groups is 1. The average Bonchev–Trinajstić information content (AvgIpc) is 2.75. The molecule has 0 radical (unpaired) electrons. The van der Waals surface area contributed by atoms with Crippen LogP contribution >= 0.6 is 27.5 Å². The van der Waals surface area contributed by atoms with Crippen LogP contribution in [0.3, 0.4) is 0 Å². The van der Waals surface area contributed by atoms with Crippen molar-refractivity contribution in [2.45, 2.75) is 25.3 Å². The highest BCUT2D eigenvalue weighted by Crippen LogP contribution is 2.37. The molecule has 1 N–H and O–H groups in total. The van der Waals surface area contributed by atoms with Crippen molar-refractivity contribution in [2.75, 3.05) is 6.61 Å². The van der Waals surface area contributed by atoms with Crippen LogP contribution in [0, 0.1) is 6.92 Å². The lowest BCUT2D eigenvalue weighted by molar-refractivity contribution is 0.267. The predicted molar refractivity (Wildman–Crippen MR) is 130 cm³/mol. The summed E-state index contributed by atoms with van der Waals surface area (Å²) in [4.78, 5) is 2.36. The van der Waals surface area contributed by atoms with Gasteiger partial charge in [0.05, 0.1) is 22.2 Å². The lowest BCUT2D eigenvalue weighted by Crippen LogP contribution is -2.18. The molecule has 0 fully saturated rings. The molecule has 0 aliphatic heterocycles. The van der Waals surface area contributed by atoms with Gasteiger partial charge in [0, 0.05) is 10.6 Å². The van der Waals surface area contributed by atoms with Crippen molar-refractivity contribution in [1.82, 2.24) is 4.83 Å². The Bertz CT molecular complexity index is 1220. The zero-order chi connectivity index (χ0) is 23.1. The molecule has 0 amide bonds. The second-order valence-electron chi connectivity index (χ2n) is 6.81. The van der Waals surface area contributed by atoms with Crippen molar-refractivity contribution in [2.24, 2.45) is 5.10 Å². The zero-order valence-electron chi connectivity index (χ0n) is 17.5. The Balaban J connectivity index is 1.77. The van der Waals surface area contributed by atoms with E-state index in [1.54, 1.807) is 30.3 Å². The number of sulfonamides is 1. The first-order valence-electron chi connectivity index (χ1n) is 9.74. The molecule has 0 heterocycles. The molecule has 0 aliphatic rings. The first-order chi connectivity index (χ1) is 15.3. The normalized spacial score (nSPS) is 11.5. The fraction of sp³-hybridized carbons (Fsp3) is 0.174. The van der Waals surface area contributed by atoms with Gasteiger partial charge in [-0.25, -0.2) is 4.83 Å². The lowest BCUT2D eigenvalue weighted by atomic mass is 10.2. The van der Waals surface area contributed by atoms with Gasteiger partial charge in [0.15, 0.2) is 11.5 Å². The third-order valence-electron chi connectivity index (χ3n) is 4.38. The van der Waals surface area contributed by atoms with Crippen LogP contribution in [0.25, 0.3) is 0 Å². The molecule has 3 aromatic carbocycles. The number of benzene rings is 3. The van der Waals surface area contributed by atoms with Gasteiger partial charge in [0.2, 0.25) is 0 Å². The Labute approximate surface area is 201 Å². The maximum absolute atomic E-state index is 12.4. The Kier molecular flexibility index (Phi) is 8.17. The Morgan fingerprint density at radius 2 is 1.81 bits per heavy atom. The summed E-state index contributed by atoms with van der Waals surface area (Å²) in [5.74, 6) is 1.01. The minimum Gasteiger partial charge on any atom is -0.490 e. The molecule has 0 aromatic heterocycles. The summed E-state index contributed by atoms with van der Waals surface area (Å²) >= 11 is 9.70. The monoisotopic (exact) mass is 536 g/mol. The summed E-state index contributed by atoms with van der Waals surface area (Å²) in [7, 11) is -3.76. The Hall–Kier alpha value is -2.55. The molecule has 0 aliphatic carbocycles. The first-order valence-corrected chi connectivity index (χ1v) is 12.4. The molecule has 0 saturated heterocycles. The van der Waals surface area contributed by atoms with E-state index in [1.165, 1.54) is 18.3 Å². The largest absolute Gasteiger partial charge is 0.490 e. The second-order valence-corrected chi connectivity index (χ2v) is 9.73. The minimum absolute atomic E-state index is 0.139. The molecular weight excluding hydrogens is 516 g/mol. The third kappa shape index (κ3) is 6.25. The summed E-state index contributed by atoms with van der Waals surface area (Å²) in [6, 6.07) is 17.4. The molecule has 9 heteroatoms. The van der Waals surface area contributed by atoms with Crippen LogP contribution < -0.4 is 14.3 Å². The summed E-state index contributed by atoms with van der Waals surface area (Å²) in [6.45, 7) is 4.44. The van der Waals surface area contributed by atoms with Gasteiger partial charge in [-0.05, 0) is 65.7 Å². The molecule has 6 nitrogen and oxygen atoms in total. The van der Waals surface area contributed by atoms with E-state index < -0.39 is 10.0 Å². The standard InChI is InChI=1S/C23H22BrClN2O4S/c1-3-30-22-13-17(14-26-27-32(28,29)19-10-8-16(2)9-11-19)12-20(24)23(22)31-15-18-6-4-5-7-21(18)25/h4-14,27H,3,15H2,1-2H3/b26-14-. The van der Waals surface area contributed by atoms with Gasteiger partial charge in [0.1, 0.15) is 6.61 Å². The van der Waals surface area contributed by atoms with E-state index in [0.29, 0.717) is 33.2 Å². The maximum Gasteiger partial charge on any atom is 0.276 e. The van der Waals surface area contributed by atoms with E-state index in [4.69, 9.17) is 21.1 Å². The molecule has 168 valence electrons. The van der Waals surface area contributed by atoms with Crippen molar-refractivity contribution in [3.63, 3.8) is 0 Å². The highest BCUT2D eigenvalue weighted by molar-refractivity contribution is 9.10. The molecule has 3 aromatic rings. The van der Waals surface area contributed by atoms with Crippen LogP contribution in [-0.2, 0) is 16.6 Å². The van der Waals surface area contributed by atoms with Gasteiger partial charge in [-0.15, -0.1) is 0 Å². The molecule has 0 spiro atoms. The zero-order valence-corrected chi connectivity index (χ0v) is 20.7. The molecule has 0 atom stereocenters. The van der Waals surface area contributed by atoms with E-state index in [1.807, 2.05) is 32.0 Å². The number of hydrogen-bond acceptors (Lipinski definition) is 5. The van der Waals surface area contributed by atoms with Crippen LogP contribution in [0.15, 0.2) is 75.1 Å². The molecular formula is C23H22BrClN2O4S. The van der Waals surface area contributed by atoms with Gasteiger partial charge in [-0.2, -0.15) is 13.5 Å². The van der Waals surface area contributed by atoms with Gasteiger partial charge >= 0.3 is 0 Å². The van der Waals surface area contributed by atoms with Crippen molar-refractivity contribution >= 4 is 43.8 Å². The Morgan fingerprint density at radius 3 is 2.50 bits per heavy atom. The average molecular weight is 538 g/mol. The van der Waals surface area contributed by atoms with E-state index in [9.17, 15) is 8.42 Å². The van der Waals surface area contributed by atoms with Gasteiger partial charge in [-0.1, -0.05) is 47.5 Å². The molecule has 32 heavy (non-hydrogen) atoms. The molecule has 0 saturated carbocycles. The van der Waals surface area contributed by atoms with Crippen LogP contribution in [0.4, 0.5) is 0 Å². The highest BCUT2D eigenvalue weighted by Gasteiger charge is 2.14. The van der Waals surface area contributed by atoms with E-state index in [2.05, 4.69) is 25.9 Å². The molecule has 0 bridgehead atoms. The van der Waals surface area contributed by atoms with Crippen molar-refractivity contribution in [3.05, 3.63) is 86.8 Å². The summed E-state index contributed by atoms with van der Waals surface area (Å²) in [5.41, 5.74) is 2.44. The van der Waals surface area contributed by atoms with E-state index >= 15 is 0 Å². The third-order valence-corrected chi connectivity index (χ3v) is 6.58.